The van der Waals surface area contributed by atoms with Crippen LogP contribution in [0.25, 0.3) is 11.1 Å². The van der Waals surface area contributed by atoms with E-state index in [0.29, 0.717) is 17.6 Å². The number of carbonyl (C=O) groups excluding carboxylic acids is 1. The molecule has 0 saturated heterocycles. The molecular weight excluding hydrogens is 287 g/mol. The summed E-state index contributed by atoms with van der Waals surface area (Å²) in [5, 5.41) is 0. The number of hydrogen-bond acceptors (Lipinski definition) is 4. The number of pyridine rings is 1. The van der Waals surface area contributed by atoms with Gasteiger partial charge in [0, 0.05) is 17.3 Å². The summed E-state index contributed by atoms with van der Waals surface area (Å²) in [6, 6.07) is 5.03. The molecule has 0 fully saturated rings. The summed E-state index contributed by atoms with van der Waals surface area (Å²) in [7, 11) is 1.44. The molecule has 0 spiro atoms. The van der Waals surface area contributed by atoms with Crippen LogP contribution in [0, 0.1) is 0 Å². The number of halogens is 3. The highest BCUT2D eigenvalue weighted by Gasteiger charge is 2.31. The van der Waals surface area contributed by atoms with Gasteiger partial charge in [0.1, 0.15) is 11.5 Å². The van der Waals surface area contributed by atoms with Crippen molar-refractivity contribution in [1.29, 1.82) is 0 Å². The Labute approximate surface area is 118 Å². The standard InChI is InChI=1S/C14H10F3NO3/c1-20-12-4-10(6-18-7-12)13-5-11(21-14(15,16)17)3-2-9(13)8-19/h2-8H,1H3. The Balaban J connectivity index is 2.49. The van der Waals surface area contributed by atoms with E-state index in [4.69, 9.17) is 4.74 Å². The number of carbonyl (C=O) groups is 1. The Morgan fingerprint density at radius 2 is 1.90 bits per heavy atom. The molecule has 4 nitrogen and oxygen atoms in total. The van der Waals surface area contributed by atoms with Crippen molar-refractivity contribution >= 4 is 6.29 Å². The third-order valence-electron chi connectivity index (χ3n) is 2.65. The summed E-state index contributed by atoms with van der Waals surface area (Å²) >= 11 is 0. The number of aromatic nitrogens is 1. The van der Waals surface area contributed by atoms with Crippen molar-refractivity contribution in [2.24, 2.45) is 0 Å². The first-order valence-electron chi connectivity index (χ1n) is 5.77. The van der Waals surface area contributed by atoms with Gasteiger partial charge in [-0.05, 0) is 29.8 Å². The van der Waals surface area contributed by atoms with Crippen molar-refractivity contribution in [2.45, 2.75) is 6.36 Å². The van der Waals surface area contributed by atoms with Crippen LogP contribution in [0.4, 0.5) is 13.2 Å². The van der Waals surface area contributed by atoms with Crippen molar-refractivity contribution in [2.75, 3.05) is 7.11 Å². The predicted octanol–water partition coefficient (Wildman–Crippen LogP) is 3.47. The molecule has 2 rings (SSSR count). The molecule has 7 heteroatoms. The zero-order valence-corrected chi connectivity index (χ0v) is 10.8. The molecule has 0 aliphatic rings. The fraction of sp³-hybridized carbons (Fsp3) is 0.143. The molecule has 0 bridgehead atoms. The number of alkyl halides is 3. The van der Waals surface area contributed by atoms with Crippen molar-refractivity contribution in [3.05, 3.63) is 42.2 Å². The Hall–Kier alpha value is -2.57. The number of hydrogen-bond donors (Lipinski definition) is 0. The van der Waals surface area contributed by atoms with Gasteiger partial charge in [-0.1, -0.05) is 0 Å². The van der Waals surface area contributed by atoms with Gasteiger partial charge in [-0.2, -0.15) is 0 Å². The van der Waals surface area contributed by atoms with Crippen LogP contribution in [0.15, 0.2) is 36.7 Å². The quantitative estimate of drug-likeness (QED) is 0.811. The van der Waals surface area contributed by atoms with E-state index >= 15 is 0 Å². The van der Waals surface area contributed by atoms with Gasteiger partial charge >= 0.3 is 6.36 Å². The number of ether oxygens (including phenoxy) is 2. The van der Waals surface area contributed by atoms with E-state index in [2.05, 4.69) is 9.72 Å². The SMILES string of the molecule is COc1cncc(-c2cc(OC(F)(F)F)ccc2C=O)c1. The monoisotopic (exact) mass is 297 g/mol. The van der Waals surface area contributed by atoms with Crippen molar-refractivity contribution < 1.29 is 27.4 Å². The lowest BCUT2D eigenvalue weighted by Crippen LogP contribution is -2.17. The molecular formula is C14H10F3NO3. The number of nitrogens with zero attached hydrogens (tertiary/aromatic N) is 1. The van der Waals surface area contributed by atoms with E-state index in [9.17, 15) is 18.0 Å². The number of rotatable bonds is 4. The van der Waals surface area contributed by atoms with E-state index < -0.39 is 12.1 Å². The molecule has 1 aromatic carbocycles. The Morgan fingerprint density at radius 1 is 1.14 bits per heavy atom. The molecule has 0 saturated carbocycles. The summed E-state index contributed by atoms with van der Waals surface area (Å²) in [5.41, 5.74) is 0.946. The van der Waals surface area contributed by atoms with Gasteiger partial charge in [0.2, 0.25) is 0 Å². The van der Waals surface area contributed by atoms with Crippen LogP contribution < -0.4 is 9.47 Å². The van der Waals surface area contributed by atoms with E-state index in [0.717, 1.165) is 12.1 Å². The Kier molecular flexibility index (Phi) is 4.11. The first kappa shape index (κ1) is 14.8. The summed E-state index contributed by atoms with van der Waals surface area (Å²) in [6.45, 7) is 0. The second-order valence-electron chi connectivity index (χ2n) is 4.03. The lowest BCUT2D eigenvalue weighted by atomic mass is 10.0. The highest BCUT2D eigenvalue weighted by molar-refractivity contribution is 5.88. The normalized spacial score (nSPS) is 11.0. The van der Waals surface area contributed by atoms with Crippen molar-refractivity contribution in [3.63, 3.8) is 0 Å². The molecule has 21 heavy (non-hydrogen) atoms. The Bertz CT molecular complexity index is 656. The highest BCUT2D eigenvalue weighted by Crippen LogP contribution is 2.31. The van der Waals surface area contributed by atoms with Crippen LogP contribution in [0.1, 0.15) is 10.4 Å². The molecule has 0 atom stereocenters. The van der Waals surface area contributed by atoms with E-state index in [1.165, 1.54) is 25.6 Å². The number of aldehydes is 1. The third-order valence-corrected chi connectivity index (χ3v) is 2.65. The summed E-state index contributed by atoms with van der Waals surface area (Å²) in [5.74, 6) is 0.0115. The average Bonchev–Trinajstić information content (AvgIpc) is 2.45. The van der Waals surface area contributed by atoms with Crippen molar-refractivity contribution in [3.8, 4) is 22.6 Å². The molecule has 0 unspecified atom stereocenters. The number of methoxy groups -OCH3 is 1. The minimum absolute atomic E-state index is 0.222. The second kappa shape index (κ2) is 5.82. The zero-order chi connectivity index (χ0) is 15.5. The fourth-order valence-corrected chi connectivity index (χ4v) is 1.76. The lowest BCUT2D eigenvalue weighted by molar-refractivity contribution is -0.274. The van der Waals surface area contributed by atoms with Gasteiger partial charge in [0.15, 0.2) is 6.29 Å². The molecule has 0 aliphatic carbocycles. The van der Waals surface area contributed by atoms with Gasteiger partial charge in [0.05, 0.1) is 13.3 Å². The summed E-state index contributed by atoms with van der Waals surface area (Å²) in [4.78, 5) is 14.9. The molecule has 0 aliphatic heterocycles. The maximum Gasteiger partial charge on any atom is 0.573 e. The first-order valence-corrected chi connectivity index (χ1v) is 5.77. The summed E-state index contributed by atoms with van der Waals surface area (Å²) < 4.78 is 45.6. The van der Waals surface area contributed by atoms with Gasteiger partial charge < -0.3 is 9.47 Å². The second-order valence-corrected chi connectivity index (χ2v) is 4.03. The van der Waals surface area contributed by atoms with Crippen LogP contribution in [0.2, 0.25) is 0 Å². The van der Waals surface area contributed by atoms with Gasteiger partial charge in [-0.25, -0.2) is 0 Å². The van der Waals surface area contributed by atoms with Gasteiger partial charge in [0.25, 0.3) is 0 Å². The minimum Gasteiger partial charge on any atom is -0.495 e. The molecule has 110 valence electrons. The molecule has 0 amide bonds. The molecule has 2 aromatic rings. The zero-order valence-electron chi connectivity index (χ0n) is 10.8. The summed E-state index contributed by atoms with van der Waals surface area (Å²) in [6.07, 6.45) is -1.39. The third kappa shape index (κ3) is 3.71. The first-order chi connectivity index (χ1) is 9.93. The maximum atomic E-state index is 12.3. The van der Waals surface area contributed by atoms with E-state index in [1.807, 2.05) is 0 Å². The van der Waals surface area contributed by atoms with Crippen LogP contribution in [0.5, 0.6) is 11.5 Å². The lowest BCUT2D eigenvalue weighted by Gasteiger charge is -2.12. The molecule has 1 heterocycles. The van der Waals surface area contributed by atoms with Gasteiger partial charge in [-0.15, -0.1) is 13.2 Å². The van der Waals surface area contributed by atoms with E-state index in [1.54, 1.807) is 6.07 Å². The van der Waals surface area contributed by atoms with Crippen LogP contribution in [-0.2, 0) is 0 Å². The minimum atomic E-state index is -4.80. The average molecular weight is 297 g/mol. The Morgan fingerprint density at radius 3 is 2.52 bits per heavy atom. The number of benzene rings is 1. The maximum absolute atomic E-state index is 12.3. The van der Waals surface area contributed by atoms with Gasteiger partial charge in [-0.3, -0.25) is 9.78 Å². The van der Waals surface area contributed by atoms with Crippen LogP contribution in [-0.4, -0.2) is 24.7 Å². The van der Waals surface area contributed by atoms with Crippen molar-refractivity contribution in [1.82, 2.24) is 4.98 Å². The predicted molar refractivity (Wildman–Crippen MR) is 68.3 cm³/mol. The largest absolute Gasteiger partial charge is 0.573 e. The van der Waals surface area contributed by atoms with E-state index in [-0.39, 0.29) is 11.1 Å². The fourth-order valence-electron chi connectivity index (χ4n) is 1.76. The van der Waals surface area contributed by atoms with Crippen LogP contribution in [0.3, 0.4) is 0 Å². The van der Waals surface area contributed by atoms with Crippen LogP contribution >= 0.6 is 0 Å². The molecule has 0 radical (unpaired) electrons. The molecule has 0 N–H and O–H groups in total. The highest BCUT2D eigenvalue weighted by atomic mass is 19.4. The topological polar surface area (TPSA) is 48.4 Å². The smallest absolute Gasteiger partial charge is 0.495 e. The molecule has 1 aromatic heterocycles.